The molecule has 0 heterocycles. The van der Waals surface area contributed by atoms with Crippen LogP contribution < -0.4 is 20.7 Å². The zero-order valence-corrected chi connectivity index (χ0v) is 10.7. The van der Waals surface area contributed by atoms with Gasteiger partial charge in [-0.3, -0.25) is 10.2 Å². The van der Waals surface area contributed by atoms with Gasteiger partial charge in [0.25, 0.3) is 5.91 Å². The number of carbonyl (C=O) groups is 1. The predicted octanol–water partition coefficient (Wildman–Crippen LogP) is 1.86. The van der Waals surface area contributed by atoms with Crippen LogP contribution in [0.3, 0.4) is 0 Å². The summed E-state index contributed by atoms with van der Waals surface area (Å²) in [5.41, 5.74) is 2.85. The molecule has 3 N–H and O–H groups in total. The van der Waals surface area contributed by atoms with Crippen molar-refractivity contribution in [1.29, 1.82) is 0 Å². The van der Waals surface area contributed by atoms with Crippen LogP contribution in [0, 0.1) is 0 Å². The molecule has 0 aromatic heterocycles. The van der Waals surface area contributed by atoms with Gasteiger partial charge >= 0.3 is 6.61 Å². The van der Waals surface area contributed by atoms with Crippen LogP contribution in [0.25, 0.3) is 5.57 Å². The third kappa shape index (κ3) is 4.36. The van der Waals surface area contributed by atoms with Crippen molar-refractivity contribution in [2.75, 3.05) is 7.11 Å². The van der Waals surface area contributed by atoms with E-state index in [-0.39, 0.29) is 11.5 Å². The van der Waals surface area contributed by atoms with Crippen LogP contribution in [0.15, 0.2) is 36.9 Å². The van der Waals surface area contributed by atoms with E-state index in [1.165, 1.54) is 31.4 Å². The van der Waals surface area contributed by atoms with Gasteiger partial charge in [-0.25, -0.2) is 5.84 Å². The average molecular weight is 284 g/mol. The van der Waals surface area contributed by atoms with E-state index in [0.717, 1.165) is 0 Å². The maximum absolute atomic E-state index is 12.3. The van der Waals surface area contributed by atoms with Gasteiger partial charge in [-0.1, -0.05) is 12.6 Å². The van der Waals surface area contributed by atoms with Crippen LogP contribution in [0.4, 0.5) is 8.78 Å². The molecule has 0 bridgehead atoms. The van der Waals surface area contributed by atoms with E-state index < -0.39 is 12.5 Å². The minimum Gasteiger partial charge on any atom is -0.493 e. The van der Waals surface area contributed by atoms with Gasteiger partial charge in [0.1, 0.15) is 0 Å². The number of alkyl halides is 2. The summed E-state index contributed by atoms with van der Waals surface area (Å²) in [5, 5.41) is 0. The monoisotopic (exact) mass is 284 g/mol. The molecule has 0 unspecified atom stereocenters. The molecule has 108 valence electrons. The molecular formula is C13H14F2N2O3. The number of hydrazine groups is 1. The van der Waals surface area contributed by atoms with Crippen molar-refractivity contribution in [3.05, 3.63) is 42.5 Å². The fraction of sp³-hybridized carbons (Fsp3) is 0.154. The lowest BCUT2D eigenvalue weighted by molar-refractivity contribution is -0.116. The van der Waals surface area contributed by atoms with E-state index in [1.54, 1.807) is 6.07 Å². The number of methoxy groups -OCH3 is 1. The number of benzene rings is 1. The zero-order chi connectivity index (χ0) is 15.1. The standard InChI is InChI=1S/C13H14F2N2O3/c1-8(3-6-12(18)17-16)9-4-5-10(19-2)11(7-9)20-13(14)15/h3-7,13H,1,16H2,2H3,(H,17,18)/b6-3-. The Balaban J connectivity index is 2.98. The van der Waals surface area contributed by atoms with Crippen molar-refractivity contribution in [1.82, 2.24) is 5.43 Å². The van der Waals surface area contributed by atoms with Gasteiger partial charge in [0.15, 0.2) is 11.5 Å². The number of hydrogen-bond donors (Lipinski definition) is 2. The maximum Gasteiger partial charge on any atom is 0.387 e. The van der Waals surface area contributed by atoms with E-state index in [1.807, 2.05) is 5.43 Å². The van der Waals surface area contributed by atoms with Gasteiger partial charge < -0.3 is 9.47 Å². The molecule has 0 aliphatic heterocycles. The van der Waals surface area contributed by atoms with Gasteiger partial charge in [-0.15, -0.1) is 0 Å². The molecule has 0 aliphatic carbocycles. The quantitative estimate of drug-likeness (QED) is 0.275. The summed E-state index contributed by atoms with van der Waals surface area (Å²) in [6, 6.07) is 4.41. The van der Waals surface area contributed by atoms with E-state index in [0.29, 0.717) is 11.1 Å². The number of amides is 1. The summed E-state index contributed by atoms with van der Waals surface area (Å²) in [4.78, 5) is 11.0. The SMILES string of the molecule is C=C(/C=C\C(=O)NN)c1ccc(OC)c(OC(F)F)c1. The van der Waals surface area contributed by atoms with E-state index in [4.69, 9.17) is 10.6 Å². The topological polar surface area (TPSA) is 73.6 Å². The number of rotatable bonds is 6. The van der Waals surface area contributed by atoms with Crippen molar-refractivity contribution < 1.29 is 23.0 Å². The third-order valence-electron chi connectivity index (χ3n) is 2.33. The largest absolute Gasteiger partial charge is 0.493 e. The first-order valence-electron chi connectivity index (χ1n) is 5.48. The van der Waals surface area contributed by atoms with Crippen LogP contribution in [0.1, 0.15) is 5.56 Å². The third-order valence-corrected chi connectivity index (χ3v) is 2.33. The van der Waals surface area contributed by atoms with Crippen LogP contribution >= 0.6 is 0 Å². The summed E-state index contributed by atoms with van der Waals surface area (Å²) < 4.78 is 33.8. The Labute approximate surface area is 114 Å². The van der Waals surface area contributed by atoms with E-state index in [2.05, 4.69) is 11.3 Å². The summed E-state index contributed by atoms with van der Waals surface area (Å²) in [5.74, 6) is 4.46. The van der Waals surface area contributed by atoms with E-state index >= 15 is 0 Å². The summed E-state index contributed by atoms with van der Waals surface area (Å²) >= 11 is 0. The second kappa shape index (κ2) is 7.25. The highest BCUT2D eigenvalue weighted by Gasteiger charge is 2.11. The lowest BCUT2D eigenvalue weighted by atomic mass is 10.1. The van der Waals surface area contributed by atoms with Gasteiger partial charge in [-0.2, -0.15) is 8.78 Å². The molecule has 1 aromatic carbocycles. The summed E-state index contributed by atoms with van der Waals surface area (Å²) in [6.45, 7) is 0.749. The zero-order valence-electron chi connectivity index (χ0n) is 10.7. The molecule has 7 heteroatoms. The Morgan fingerprint density at radius 1 is 1.40 bits per heavy atom. The fourth-order valence-electron chi connectivity index (χ4n) is 1.39. The van der Waals surface area contributed by atoms with Crippen LogP contribution in [-0.4, -0.2) is 19.6 Å². The molecule has 0 saturated heterocycles. The first-order chi connectivity index (χ1) is 9.47. The number of ether oxygens (including phenoxy) is 2. The number of hydrogen-bond acceptors (Lipinski definition) is 4. The van der Waals surface area contributed by atoms with Gasteiger partial charge in [0, 0.05) is 6.08 Å². The van der Waals surface area contributed by atoms with E-state index in [9.17, 15) is 13.6 Å². The predicted molar refractivity (Wildman–Crippen MR) is 70.1 cm³/mol. The van der Waals surface area contributed by atoms with Crippen LogP contribution in [0.2, 0.25) is 0 Å². The molecule has 1 amide bonds. The average Bonchev–Trinajstić information content (AvgIpc) is 2.43. The van der Waals surface area contributed by atoms with Crippen molar-refractivity contribution >= 4 is 11.5 Å². The Hall–Kier alpha value is -2.41. The van der Waals surface area contributed by atoms with Gasteiger partial charge in [0.2, 0.25) is 0 Å². The van der Waals surface area contributed by atoms with Crippen molar-refractivity contribution in [3.63, 3.8) is 0 Å². The second-order valence-electron chi connectivity index (χ2n) is 3.61. The highest BCUT2D eigenvalue weighted by molar-refractivity contribution is 5.90. The number of nitrogens with one attached hydrogen (secondary N) is 1. The normalized spacial score (nSPS) is 10.7. The highest BCUT2D eigenvalue weighted by Crippen LogP contribution is 2.31. The first kappa shape index (κ1) is 15.6. The summed E-state index contributed by atoms with van der Waals surface area (Å²) in [7, 11) is 1.34. The van der Waals surface area contributed by atoms with Gasteiger partial charge in [-0.05, 0) is 29.3 Å². The first-order valence-corrected chi connectivity index (χ1v) is 5.48. The number of allylic oxidation sites excluding steroid dienone is 2. The Kier molecular flexibility index (Phi) is 5.67. The molecule has 0 atom stereocenters. The number of nitrogens with two attached hydrogens (primary N) is 1. The van der Waals surface area contributed by atoms with Crippen molar-refractivity contribution in [3.8, 4) is 11.5 Å². The molecule has 1 aromatic rings. The second-order valence-corrected chi connectivity index (χ2v) is 3.61. The van der Waals surface area contributed by atoms with Gasteiger partial charge in [0.05, 0.1) is 7.11 Å². The Morgan fingerprint density at radius 3 is 2.65 bits per heavy atom. The molecule has 0 fully saturated rings. The number of halogens is 2. The van der Waals surface area contributed by atoms with Crippen LogP contribution in [-0.2, 0) is 4.79 Å². The lowest BCUT2D eigenvalue weighted by Gasteiger charge is -2.11. The highest BCUT2D eigenvalue weighted by atomic mass is 19.3. The minimum absolute atomic E-state index is 0.113. The Morgan fingerprint density at radius 2 is 2.10 bits per heavy atom. The maximum atomic E-state index is 12.3. The molecule has 0 aliphatic rings. The molecule has 0 spiro atoms. The molecule has 0 saturated carbocycles. The number of carbonyl (C=O) groups excluding carboxylic acids is 1. The molecule has 1 rings (SSSR count). The Bertz CT molecular complexity index is 530. The smallest absolute Gasteiger partial charge is 0.387 e. The lowest BCUT2D eigenvalue weighted by Crippen LogP contribution is -2.27. The van der Waals surface area contributed by atoms with Crippen molar-refractivity contribution in [2.45, 2.75) is 6.61 Å². The molecule has 5 nitrogen and oxygen atoms in total. The van der Waals surface area contributed by atoms with Crippen LogP contribution in [0.5, 0.6) is 11.5 Å². The summed E-state index contributed by atoms with van der Waals surface area (Å²) in [6.07, 6.45) is 2.57. The molecule has 20 heavy (non-hydrogen) atoms. The fourth-order valence-corrected chi connectivity index (χ4v) is 1.39. The minimum atomic E-state index is -2.97. The molecular weight excluding hydrogens is 270 g/mol. The van der Waals surface area contributed by atoms with Crippen molar-refractivity contribution in [2.24, 2.45) is 5.84 Å². The molecule has 0 radical (unpaired) electrons.